The van der Waals surface area contributed by atoms with Crippen LogP contribution in [0.5, 0.6) is 0 Å². The zero-order chi connectivity index (χ0) is 11.3. The second kappa shape index (κ2) is 5.82. The van der Waals surface area contributed by atoms with Gasteiger partial charge < -0.3 is 4.74 Å². The van der Waals surface area contributed by atoms with Gasteiger partial charge >= 0.3 is 0 Å². The lowest BCUT2D eigenvalue weighted by Crippen LogP contribution is -1.96. The van der Waals surface area contributed by atoms with Crippen LogP contribution in [-0.2, 0) is 11.3 Å². The molecule has 0 aromatic heterocycles. The van der Waals surface area contributed by atoms with Gasteiger partial charge in [0.1, 0.15) is 0 Å². The molecular weight excluding hydrogens is 262 g/mol. The number of nitro groups is 1. The second-order valence-corrected chi connectivity index (χ2v) is 4.04. The van der Waals surface area contributed by atoms with Crippen LogP contribution in [0, 0.1) is 10.1 Å². The Kier molecular flexibility index (Phi) is 4.71. The van der Waals surface area contributed by atoms with E-state index in [1.165, 1.54) is 12.1 Å². The van der Waals surface area contributed by atoms with Gasteiger partial charge in [0, 0.05) is 23.2 Å². The lowest BCUT2D eigenvalue weighted by atomic mass is 10.2. The van der Waals surface area contributed by atoms with Crippen molar-refractivity contribution in [3.05, 3.63) is 38.3 Å². The molecule has 0 aliphatic rings. The molecular formula is C10H12BrNO3. The van der Waals surface area contributed by atoms with Crippen LogP contribution in [0.4, 0.5) is 5.69 Å². The van der Waals surface area contributed by atoms with E-state index < -0.39 is 4.92 Å². The Bertz CT molecular complexity index is 355. The largest absolute Gasteiger partial charge is 0.377 e. The number of rotatable bonds is 5. The van der Waals surface area contributed by atoms with Crippen molar-refractivity contribution < 1.29 is 9.66 Å². The zero-order valence-corrected chi connectivity index (χ0v) is 9.99. The molecule has 82 valence electrons. The molecule has 0 aliphatic carbocycles. The van der Waals surface area contributed by atoms with E-state index in [2.05, 4.69) is 15.9 Å². The molecule has 5 heteroatoms. The first-order valence-electron chi connectivity index (χ1n) is 4.65. The standard InChI is InChI=1S/C10H12BrNO3/c1-2-3-15-7-8-4-9(11)6-10(5-8)12(13)14/h4-6H,2-3,7H2,1H3. The number of non-ortho nitro benzene ring substituents is 1. The fourth-order valence-electron chi connectivity index (χ4n) is 1.16. The summed E-state index contributed by atoms with van der Waals surface area (Å²) in [6.07, 6.45) is 0.941. The summed E-state index contributed by atoms with van der Waals surface area (Å²) in [6.45, 7) is 3.10. The van der Waals surface area contributed by atoms with Crippen molar-refractivity contribution in [2.24, 2.45) is 0 Å². The lowest BCUT2D eigenvalue weighted by Gasteiger charge is -2.03. The van der Waals surface area contributed by atoms with E-state index in [1.807, 2.05) is 13.0 Å². The molecule has 0 saturated carbocycles. The minimum absolute atomic E-state index is 0.0828. The lowest BCUT2D eigenvalue weighted by molar-refractivity contribution is -0.385. The van der Waals surface area contributed by atoms with Gasteiger partial charge in [0.25, 0.3) is 5.69 Å². The molecule has 0 amide bonds. The molecule has 4 nitrogen and oxygen atoms in total. The maximum atomic E-state index is 10.6. The van der Waals surface area contributed by atoms with Crippen LogP contribution in [0.2, 0.25) is 0 Å². The van der Waals surface area contributed by atoms with Gasteiger partial charge in [-0.2, -0.15) is 0 Å². The monoisotopic (exact) mass is 273 g/mol. The van der Waals surface area contributed by atoms with Gasteiger partial charge in [-0.1, -0.05) is 22.9 Å². The molecule has 0 fully saturated rings. The molecule has 15 heavy (non-hydrogen) atoms. The maximum absolute atomic E-state index is 10.6. The van der Waals surface area contributed by atoms with Crippen LogP contribution in [0.1, 0.15) is 18.9 Å². The highest BCUT2D eigenvalue weighted by Crippen LogP contribution is 2.21. The smallest absolute Gasteiger partial charge is 0.270 e. The highest BCUT2D eigenvalue weighted by molar-refractivity contribution is 9.10. The molecule has 0 heterocycles. The molecule has 1 rings (SSSR count). The summed E-state index contributed by atoms with van der Waals surface area (Å²) in [6, 6.07) is 4.83. The second-order valence-electron chi connectivity index (χ2n) is 3.13. The average Bonchev–Trinajstić information content (AvgIpc) is 2.17. The van der Waals surface area contributed by atoms with Crippen LogP contribution in [0.25, 0.3) is 0 Å². The van der Waals surface area contributed by atoms with Crippen molar-refractivity contribution >= 4 is 21.6 Å². The fraction of sp³-hybridized carbons (Fsp3) is 0.400. The summed E-state index contributed by atoms with van der Waals surface area (Å²) in [5, 5.41) is 10.6. The molecule has 0 N–H and O–H groups in total. The summed E-state index contributed by atoms with van der Waals surface area (Å²) < 4.78 is 6.02. The number of nitro benzene ring substituents is 1. The number of benzene rings is 1. The van der Waals surface area contributed by atoms with Gasteiger partial charge in [-0.15, -0.1) is 0 Å². The summed E-state index contributed by atoms with van der Waals surface area (Å²) in [5.41, 5.74) is 0.893. The maximum Gasteiger partial charge on any atom is 0.270 e. The van der Waals surface area contributed by atoms with Crippen LogP contribution in [0.15, 0.2) is 22.7 Å². The highest BCUT2D eigenvalue weighted by Gasteiger charge is 2.08. The number of ether oxygens (including phenoxy) is 1. The van der Waals surface area contributed by atoms with Crippen molar-refractivity contribution in [2.75, 3.05) is 6.61 Å². The van der Waals surface area contributed by atoms with Crippen LogP contribution < -0.4 is 0 Å². The SMILES string of the molecule is CCCOCc1cc(Br)cc([N+](=O)[O-])c1. The van der Waals surface area contributed by atoms with Gasteiger partial charge in [-0.05, 0) is 18.1 Å². The Balaban J connectivity index is 2.75. The van der Waals surface area contributed by atoms with Crippen molar-refractivity contribution in [3.63, 3.8) is 0 Å². The van der Waals surface area contributed by atoms with Crippen molar-refractivity contribution in [1.82, 2.24) is 0 Å². The van der Waals surface area contributed by atoms with E-state index in [0.717, 1.165) is 12.0 Å². The third-order valence-corrected chi connectivity index (χ3v) is 2.23. The number of nitrogens with zero attached hydrogens (tertiary/aromatic N) is 1. The van der Waals surface area contributed by atoms with Crippen molar-refractivity contribution in [2.45, 2.75) is 20.0 Å². The molecule has 0 atom stereocenters. The first-order chi connectivity index (χ1) is 7.13. The van der Waals surface area contributed by atoms with Gasteiger partial charge in [0.15, 0.2) is 0 Å². The normalized spacial score (nSPS) is 10.3. The van der Waals surface area contributed by atoms with Crippen LogP contribution in [0.3, 0.4) is 0 Å². The summed E-state index contributed by atoms with van der Waals surface area (Å²) >= 11 is 3.23. The van der Waals surface area contributed by atoms with Crippen molar-refractivity contribution in [1.29, 1.82) is 0 Å². The van der Waals surface area contributed by atoms with Gasteiger partial charge in [-0.3, -0.25) is 10.1 Å². The van der Waals surface area contributed by atoms with E-state index in [-0.39, 0.29) is 5.69 Å². The van der Waals surface area contributed by atoms with E-state index >= 15 is 0 Å². The van der Waals surface area contributed by atoms with Gasteiger partial charge in [0.05, 0.1) is 11.5 Å². The van der Waals surface area contributed by atoms with E-state index in [9.17, 15) is 10.1 Å². The van der Waals surface area contributed by atoms with E-state index in [1.54, 1.807) is 0 Å². The third-order valence-electron chi connectivity index (χ3n) is 1.77. The highest BCUT2D eigenvalue weighted by atomic mass is 79.9. The number of halogens is 1. The molecule has 0 bridgehead atoms. The topological polar surface area (TPSA) is 52.4 Å². The van der Waals surface area contributed by atoms with E-state index in [0.29, 0.717) is 17.7 Å². The quantitative estimate of drug-likeness (QED) is 0.470. The minimum atomic E-state index is -0.409. The average molecular weight is 274 g/mol. The Hall–Kier alpha value is -0.940. The number of hydrogen-bond acceptors (Lipinski definition) is 3. The molecule has 0 spiro atoms. The Morgan fingerprint density at radius 2 is 2.20 bits per heavy atom. The fourth-order valence-corrected chi connectivity index (χ4v) is 1.69. The molecule has 0 aliphatic heterocycles. The minimum Gasteiger partial charge on any atom is -0.377 e. The van der Waals surface area contributed by atoms with E-state index in [4.69, 9.17) is 4.74 Å². The third kappa shape index (κ3) is 3.97. The molecule has 1 aromatic carbocycles. The molecule has 1 aromatic rings. The Morgan fingerprint density at radius 3 is 2.80 bits per heavy atom. The summed E-state index contributed by atoms with van der Waals surface area (Å²) in [5.74, 6) is 0. The Labute approximate surface area is 96.5 Å². The summed E-state index contributed by atoms with van der Waals surface area (Å²) in [4.78, 5) is 10.2. The molecule has 0 saturated heterocycles. The predicted octanol–water partition coefficient (Wildman–Crippen LogP) is 3.28. The first kappa shape index (κ1) is 12.1. The first-order valence-corrected chi connectivity index (χ1v) is 5.44. The van der Waals surface area contributed by atoms with Crippen LogP contribution in [-0.4, -0.2) is 11.5 Å². The number of hydrogen-bond donors (Lipinski definition) is 0. The van der Waals surface area contributed by atoms with Gasteiger partial charge in [-0.25, -0.2) is 0 Å². The van der Waals surface area contributed by atoms with Crippen molar-refractivity contribution in [3.8, 4) is 0 Å². The molecule has 0 unspecified atom stereocenters. The Morgan fingerprint density at radius 1 is 1.47 bits per heavy atom. The summed E-state index contributed by atoms with van der Waals surface area (Å²) in [7, 11) is 0. The van der Waals surface area contributed by atoms with Gasteiger partial charge in [0.2, 0.25) is 0 Å². The van der Waals surface area contributed by atoms with Crippen LogP contribution >= 0.6 is 15.9 Å². The zero-order valence-electron chi connectivity index (χ0n) is 8.40. The predicted molar refractivity (Wildman–Crippen MR) is 60.7 cm³/mol. The molecule has 0 radical (unpaired) electrons.